The van der Waals surface area contributed by atoms with Crippen LogP contribution in [0, 0.1) is 17.1 Å². The fourth-order valence-electron chi connectivity index (χ4n) is 1.38. The molecule has 0 amide bonds. The third kappa shape index (κ3) is 2.49. The van der Waals surface area contributed by atoms with E-state index in [0.29, 0.717) is 17.1 Å². The molecule has 0 unspecified atom stereocenters. The number of nitrogens with one attached hydrogen (secondary N) is 1. The molecule has 0 atom stereocenters. The number of hydrogen-bond acceptors (Lipinski definition) is 4. The number of nitrogens with two attached hydrogens (primary N) is 1. The Bertz CT molecular complexity index is 589. The molecule has 0 aliphatic heterocycles. The number of nitrogens with zero attached hydrogens (tertiary/aromatic N) is 2. The van der Waals surface area contributed by atoms with Crippen molar-refractivity contribution in [3.8, 4) is 6.07 Å². The van der Waals surface area contributed by atoms with Gasteiger partial charge in [-0.25, -0.2) is 4.39 Å². The van der Waals surface area contributed by atoms with Gasteiger partial charge in [0.25, 0.3) is 0 Å². The topological polar surface area (TPSA) is 74.7 Å². The van der Waals surface area contributed by atoms with Gasteiger partial charge < -0.3 is 11.1 Å². The minimum atomic E-state index is -0.538. The second kappa shape index (κ2) is 4.49. The third-order valence-electron chi connectivity index (χ3n) is 2.13. The molecule has 3 N–H and O–H groups in total. The molecule has 0 fully saturated rings. The van der Waals surface area contributed by atoms with Crippen molar-refractivity contribution in [2.75, 3.05) is 11.1 Å². The van der Waals surface area contributed by atoms with Gasteiger partial charge in [-0.3, -0.25) is 4.98 Å². The SMILES string of the molecule is N#Cc1cc(Nc2cncc(N)c2)ccc1F. The summed E-state index contributed by atoms with van der Waals surface area (Å²) in [6, 6.07) is 7.68. The molecule has 0 aliphatic carbocycles. The van der Waals surface area contributed by atoms with Gasteiger partial charge in [0.15, 0.2) is 0 Å². The van der Waals surface area contributed by atoms with Gasteiger partial charge in [0.05, 0.1) is 23.1 Å². The number of anilines is 3. The predicted molar refractivity (Wildman–Crippen MR) is 63.0 cm³/mol. The summed E-state index contributed by atoms with van der Waals surface area (Å²) in [5.41, 5.74) is 7.38. The summed E-state index contributed by atoms with van der Waals surface area (Å²) in [4.78, 5) is 3.91. The van der Waals surface area contributed by atoms with Crippen molar-refractivity contribution in [1.29, 1.82) is 5.26 Å². The second-order valence-electron chi connectivity index (χ2n) is 3.44. The summed E-state index contributed by atoms with van der Waals surface area (Å²) in [7, 11) is 0. The highest BCUT2D eigenvalue weighted by molar-refractivity contribution is 5.63. The van der Waals surface area contributed by atoms with Crippen LogP contribution in [0.25, 0.3) is 0 Å². The van der Waals surface area contributed by atoms with Crippen molar-refractivity contribution in [2.24, 2.45) is 0 Å². The zero-order chi connectivity index (χ0) is 12.3. The Kier molecular flexibility index (Phi) is 2.88. The van der Waals surface area contributed by atoms with E-state index >= 15 is 0 Å². The van der Waals surface area contributed by atoms with E-state index in [2.05, 4.69) is 10.3 Å². The number of nitrogen functional groups attached to an aromatic ring is 1. The number of aromatic nitrogens is 1. The Morgan fingerprint density at radius 3 is 2.76 bits per heavy atom. The lowest BCUT2D eigenvalue weighted by atomic mass is 10.2. The Labute approximate surface area is 97.5 Å². The number of nitriles is 1. The number of halogens is 1. The van der Waals surface area contributed by atoms with Crippen molar-refractivity contribution >= 4 is 17.1 Å². The molecule has 84 valence electrons. The molecule has 17 heavy (non-hydrogen) atoms. The van der Waals surface area contributed by atoms with Crippen molar-refractivity contribution in [2.45, 2.75) is 0 Å². The fraction of sp³-hybridized carbons (Fsp3) is 0. The molecule has 2 rings (SSSR count). The van der Waals surface area contributed by atoms with Crippen LogP contribution in [0.5, 0.6) is 0 Å². The van der Waals surface area contributed by atoms with Crippen molar-refractivity contribution < 1.29 is 4.39 Å². The lowest BCUT2D eigenvalue weighted by molar-refractivity contribution is 0.624. The maximum atomic E-state index is 13.1. The van der Waals surface area contributed by atoms with Crippen LogP contribution in [-0.4, -0.2) is 4.98 Å². The quantitative estimate of drug-likeness (QED) is 0.827. The van der Waals surface area contributed by atoms with Crippen LogP contribution < -0.4 is 11.1 Å². The van der Waals surface area contributed by atoms with Crippen LogP contribution in [-0.2, 0) is 0 Å². The van der Waals surface area contributed by atoms with Crippen LogP contribution in [0.2, 0.25) is 0 Å². The molecule has 1 aromatic carbocycles. The minimum Gasteiger partial charge on any atom is -0.397 e. The first-order valence-corrected chi connectivity index (χ1v) is 4.86. The normalized spacial score (nSPS) is 9.65. The largest absolute Gasteiger partial charge is 0.397 e. The average molecular weight is 228 g/mol. The van der Waals surface area contributed by atoms with Gasteiger partial charge in [-0.2, -0.15) is 5.26 Å². The maximum absolute atomic E-state index is 13.1. The average Bonchev–Trinajstić information content (AvgIpc) is 2.32. The van der Waals surface area contributed by atoms with E-state index in [0.717, 1.165) is 0 Å². The molecular formula is C12H9FN4. The van der Waals surface area contributed by atoms with Crippen molar-refractivity contribution in [3.63, 3.8) is 0 Å². The van der Waals surface area contributed by atoms with Gasteiger partial charge in [0.1, 0.15) is 11.9 Å². The zero-order valence-corrected chi connectivity index (χ0v) is 8.81. The Hall–Kier alpha value is -2.61. The zero-order valence-electron chi connectivity index (χ0n) is 8.81. The molecule has 0 radical (unpaired) electrons. The Morgan fingerprint density at radius 1 is 1.24 bits per heavy atom. The summed E-state index contributed by atoms with van der Waals surface area (Å²) in [6.07, 6.45) is 3.11. The van der Waals surface area contributed by atoms with E-state index in [1.54, 1.807) is 24.4 Å². The van der Waals surface area contributed by atoms with E-state index in [1.165, 1.54) is 18.3 Å². The van der Waals surface area contributed by atoms with E-state index < -0.39 is 5.82 Å². The molecular weight excluding hydrogens is 219 g/mol. The number of hydrogen-bond donors (Lipinski definition) is 2. The van der Waals surface area contributed by atoms with Gasteiger partial charge in [0.2, 0.25) is 0 Å². The van der Waals surface area contributed by atoms with E-state index in [1.807, 2.05) is 0 Å². The van der Waals surface area contributed by atoms with Gasteiger partial charge in [-0.1, -0.05) is 0 Å². The van der Waals surface area contributed by atoms with Gasteiger partial charge in [-0.05, 0) is 24.3 Å². The monoisotopic (exact) mass is 228 g/mol. The van der Waals surface area contributed by atoms with E-state index in [4.69, 9.17) is 11.0 Å². The van der Waals surface area contributed by atoms with Crippen molar-refractivity contribution in [1.82, 2.24) is 4.98 Å². The molecule has 0 saturated carbocycles. The molecule has 1 aromatic heterocycles. The number of rotatable bonds is 2. The fourth-order valence-corrected chi connectivity index (χ4v) is 1.38. The summed E-state index contributed by atoms with van der Waals surface area (Å²) in [5.74, 6) is -0.538. The summed E-state index contributed by atoms with van der Waals surface area (Å²) in [6.45, 7) is 0. The van der Waals surface area contributed by atoms with E-state index in [-0.39, 0.29) is 5.56 Å². The van der Waals surface area contributed by atoms with Crippen LogP contribution in [0.4, 0.5) is 21.5 Å². The standard InChI is InChI=1S/C12H9FN4/c13-12-2-1-10(3-8(12)5-14)17-11-4-9(15)6-16-7-11/h1-4,6-7,17H,15H2. The molecule has 0 bridgehead atoms. The lowest BCUT2D eigenvalue weighted by Crippen LogP contribution is -1.95. The molecule has 1 heterocycles. The first kappa shape index (κ1) is 10.9. The van der Waals surface area contributed by atoms with Crippen molar-refractivity contribution in [3.05, 3.63) is 48.0 Å². The maximum Gasteiger partial charge on any atom is 0.141 e. The van der Waals surface area contributed by atoms with Gasteiger partial charge in [-0.15, -0.1) is 0 Å². The van der Waals surface area contributed by atoms with Gasteiger partial charge >= 0.3 is 0 Å². The number of pyridine rings is 1. The molecule has 0 saturated heterocycles. The first-order valence-electron chi connectivity index (χ1n) is 4.86. The third-order valence-corrected chi connectivity index (χ3v) is 2.13. The summed E-state index contributed by atoms with van der Waals surface area (Å²) in [5, 5.41) is 11.7. The highest BCUT2D eigenvalue weighted by Gasteiger charge is 2.03. The van der Waals surface area contributed by atoms with Crippen LogP contribution >= 0.6 is 0 Å². The van der Waals surface area contributed by atoms with Gasteiger partial charge in [0, 0.05) is 11.9 Å². The number of benzene rings is 1. The Balaban J connectivity index is 2.28. The highest BCUT2D eigenvalue weighted by Crippen LogP contribution is 2.19. The first-order chi connectivity index (χ1) is 8.19. The minimum absolute atomic E-state index is 0.00753. The summed E-state index contributed by atoms with van der Waals surface area (Å²) < 4.78 is 13.1. The summed E-state index contributed by atoms with van der Waals surface area (Å²) >= 11 is 0. The predicted octanol–water partition coefficient (Wildman–Crippen LogP) is 2.42. The molecule has 5 heteroatoms. The Morgan fingerprint density at radius 2 is 2.06 bits per heavy atom. The van der Waals surface area contributed by atoms with Crippen LogP contribution in [0.1, 0.15) is 5.56 Å². The van der Waals surface area contributed by atoms with E-state index in [9.17, 15) is 4.39 Å². The highest BCUT2D eigenvalue weighted by atomic mass is 19.1. The van der Waals surface area contributed by atoms with Crippen LogP contribution in [0.3, 0.4) is 0 Å². The second-order valence-corrected chi connectivity index (χ2v) is 3.44. The molecule has 0 spiro atoms. The van der Waals surface area contributed by atoms with Crippen LogP contribution in [0.15, 0.2) is 36.7 Å². The smallest absolute Gasteiger partial charge is 0.141 e. The molecule has 2 aromatic rings. The molecule has 0 aliphatic rings. The lowest BCUT2D eigenvalue weighted by Gasteiger charge is -2.06. The molecule has 4 nitrogen and oxygen atoms in total.